The van der Waals surface area contributed by atoms with Gasteiger partial charge in [0, 0.05) is 19.0 Å². The lowest BCUT2D eigenvalue weighted by atomic mass is 10.0. The molecule has 1 unspecified atom stereocenters. The Morgan fingerprint density at radius 1 is 1.39 bits per heavy atom. The maximum absolute atomic E-state index is 12.2. The van der Waals surface area contributed by atoms with Crippen LogP contribution < -0.4 is 4.72 Å². The summed E-state index contributed by atoms with van der Waals surface area (Å²) in [4.78, 5) is 2.18. The Bertz CT molecular complexity index is 665. The van der Waals surface area contributed by atoms with Gasteiger partial charge in [-0.25, -0.2) is 13.1 Å². The highest BCUT2D eigenvalue weighted by Crippen LogP contribution is 2.19. The second-order valence-electron chi connectivity index (χ2n) is 5.65. The van der Waals surface area contributed by atoms with E-state index in [0.29, 0.717) is 23.6 Å². The molecule has 23 heavy (non-hydrogen) atoms. The SMILES string of the molecule is N#CCCC(C#N)CN1CCC(NS(=O)(=O)c2cccs2)CC1. The monoisotopic (exact) mass is 352 g/mol. The molecule has 1 atom stereocenters. The van der Waals surface area contributed by atoms with Gasteiger partial charge < -0.3 is 4.90 Å². The Labute approximate surface area is 141 Å². The van der Waals surface area contributed by atoms with Crippen LogP contribution in [0.3, 0.4) is 0 Å². The van der Waals surface area contributed by atoms with Gasteiger partial charge in [-0.3, -0.25) is 0 Å². The molecule has 0 aliphatic carbocycles. The van der Waals surface area contributed by atoms with E-state index in [1.807, 2.05) is 0 Å². The van der Waals surface area contributed by atoms with Crippen LogP contribution >= 0.6 is 11.3 Å². The van der Waals surface area contributed by atoms with Gasteiger partial charge in [0.05, 0.1) is 18.1 Å². The fourth-order valence-corrected chi connectivity index (χ4v) is 4.99. The van der Waals surface area contributed by atoms with E-state index in [9.17, 15) is 8.42 Å². The molecule has 0 amide bonds. The van der Waals surface area contributed by atoms with Crippen LogP contribution in [-0.4, -0.2) is 39.0 Å². The van der Waals surface area contributed by atoms with Gasteiger partial charge in [-0.2, -0.15) is 10.5 Å². The molecular weight excluding hydrogens is 332 g/mol. The summed E-state index contributed by atoms with van der Waals surface area (Å²) in [6.07, 6.45) is 2.47. The van der Waals surface area contributed by atoms with Crippen molar-refractivity contribution < 1.29 is 8.42 Å². The number of hydrogen-bond donors (Lipinski definition) is 1. The summed E-state index contributed by atoms with van der Waals surface area (Å²) in [6.45, 7) is 2.19. The highest BCUT2D eigenvalue weighted by molar-refractivity contribution is 7.91. The minimum Gasteiger partial charge on any atom is -0.302 e. The lowest BCUT2D eigenvalue weighted by Crippen LogP contribution is -2.45. The molecule has 2 heterocycles. The standard InChI is InChI=1S/C15H20N4O2S2/c16-7-1-3-13(11-17)12-19-8-5-14(6-9-19)18-23(20,21)15-4-2-10-22-15/h2,4,10,13-14,18H,1,3,5-6,8-9,12H2. The maximum atomic E-state index is 12.2. The van der Waals surface area contributed by atoms with E-state index in [4.69, 9.17) is 10.5 Å². The molecular formula is C15H20N4O2S2. The summed E-state index contributed by atoms with van der Waals surface area (Å²) in [5, 5.41) is 19.5. The lowest BCUT2D eigenvalue weighted by molar-refractivity contribution is 0.189. The molecule has 1 aromatic rings. The largest absolute Gasteiger partial charge is 0.302 e. The van der Waals surface area contributed by atoms with Gasteiger partial charge in [0.1, 0.15) is 4.21 Å². The third kappa shape index (κ3) is 5.29. The number of nitriles is 2. The minimum absolute atomic E-state index is 0.0574. The summed E-state index contributed by atoms with van der Waals surface area (Å²) < 4.78 is 27.5. The number of sulfonamides is 1. The van der Waals surface area contributed by atoms with Crippen molar-refractivity contribution in [2.45, 2.75) is 35.9 Å². The van der Waals surface area contributed by atoms with E-state index < -0.39 is 10.0 Å². The predicted octanol–water partition coefficient (Wildman–Crippen LogP) is 1.93. The van der Waals surface area contributed by atoms with Crippen LogP contribution in [-0.2, 0) is 10.0 Å². The molecule has 0 aromatic carbocycles. The first-order valence-electron chi connectivity index (χ1n) is 7.60. The fourth-order valence-electron chi connectivity index (χ4n) is 2.67. The van der Waals surface area contributed by atoms with Crippen molar-refractivity contribution in [3.63, 3.8) is 0 Å². The zero-order chi connectivity index (χ0) is 16.7. The second kappa shape index (κ2) is 8.42. The van der Waals surface area contributed by atoms with Crippen LogP contribution in [0.2, 0.25) is 0 Å². The molecule has 0 saturated carbocycles. The average Bonchev–Trinajstić information content (AvgIpc) is 3.08. The van der Waals surface area contributed by atoms with Gasteiger partial charge >= 0.3 is 0 Å². The molecule has 0 spiro atoms. The Morgan fingerprint density at radius 2 is 2.13 bits per heavy atom. The molecule has 2 rings (SSSR count). The molecule has 8 heteroatoms. The molecule has 0 bridgehead atoms. The van der Waals surface area contributed by atoms with Crippen molar-refractivity contribution in [1.82, 2.24) is 9.62 Å². The molecule has 6 nitrogen and oxygen atoms in total. The molecule has 1 aliphatic heterocycles. The van der Waals surface area contributed by atoms with Crippen molar-refractivity contribution in [2.75, 3.05) is 19.6 Å². The van der Waals surface area contributed by atoms with Gasteiger partial charge in [0.25, 0.3) is 0 Å². The van der Waals surface area contributed by atoms with Crippen LogP contribution in [0.4, 0.5) is 0 Å². The van der Waals surface area contributed by atoms with Crippen LogP contribution in [0.1, 0.15) is 25.7 Å². The highest BCUT2D eigenvalue weighted by Gasteiger charge is 2.26. The average molecular weight is 352 g/mol. The molecule has 1 saturated heterocycles. The molecule has 124 valence electrons. The van der Waals surface area contributed by atoms with E-state index in [1.165, 1.54) is 11.3 Å². The summed E-state index contributed by atoms with van der Waals surface area (Å²) in [6, 6.07) is 7.60. The van der Waals surface area contributed by atoms with E-state index in [2.05, 4.69) is 21.8 Å². The number of piperidine rings is 1. The highest BCUT2D eigenvalue weighted by atomic mass is 32.2. The van der Waals surface area contributed by atoms with Crippen molar-refractivity contribution >= 4 is 21.4 Å². The van der Waals surface area contributed by atoms with Gasteiger partial charge in [0.15, 0.2) is 0 Å². The zero-order valence-electron chi connectivity index (χ0n) is 12.8. The number of likely N-dealkylation sites (tertiary alicyclic amines) is 1. The quantitative estimate of drug-likeness (QED) is 0.809. The summed E-state index contributed by atoms with van der Waals surface area (Å²) >= 11 is 1.21. The third-order valence-electron chi connectivity index (χ3n) is 3.94. The first kappa shape index (κ1) is 17.9. The Kier molecular flexibility index (Phi) is 6.55. The molecule has 1 fully saturated rings. The number of nitrogens with zero attached hydrogens (tertiary/aromatic N) is 3. The van der Waals surface area contributed by atoms with E-state index in [-0.39, 0.29) is 12.0 Å². The van der Waals surface area contributed by atoms with Gasteiger partial charge in [0.2, 0.25) is 10.0 Å². The van der Waals surface area contributed by atoms with Crippen LogP contribution in [0.5, 0.6) is 0 Å². The van der Waals surface area contributed by atoms with Crippen LogP contribution in [0.25, 0.3) is 0 Å². The fraction of sp³-hybridized carbons (Fsp3) is 0.600. The minimum atomic E-state index is -3.41. The summed E-state index contributed by atoms with van der Waals surface area (Å²) in [5.74, 6) is -0.131. The number of thiophene rings is 1. The molecule has 0 radical (unpaired) electrons. The molecule has 1 N–H and O–H groups in total. The normalized spacial score (nSPS) is 18.2. The van der Waals surface area contributed by atoms with Gasteiger partial charge in [-0.1, -0.05) is 6.07 Å². The molecule has 1 aliphatic rings. The smallest absolute Gasteiger partial charge is 0.250 e. The first-order valence-corrected chi connectivity index (χ1v) is 9.96. The zero-order valence-corrected chi connectivity index (χ0v) is 14.4. The second-order valence-corrected chi connectivity index (χ2v) is 8.54. The Hall–Kier alpha value is -1.45. The molecule has 1 aromatic heterocycles. The van der Waals surface area contributed by atoms with E-state index >= 15 is 0 Å². The Morgan fingerprint density at radius 3 is 2.70 bits per heavy atom. The number of hydrogen-bond acceptors (Lipinski definition) is 6. The first-order chi connectivity index (χ1) is 11.0. The topological polar surface area (TPSA) is 97.0 Å². The summed E-state index contributed by atoms with van der Waals surface area (Å²) in [5.41, 5.74) is 0. The Balaban J connectivity index is 1.80. The van der Waals surface area contributed by atoms with Crippen molar-refractivity contribution in [3.8, 4) is 12.1 Å². The van der Waals surface area contributed by atoms with Crippen LogP contribution in [0, 0.1) is 28.6 Å². The van der Waals surface area contributed by atoms with Gasteiger partial charge in [-0.15, -0.1) is 11.3 Å². The van der Waals surface area contributed by atoms with E-state index in [0.717, 1.165) is 25.9 Å². The van der Waals surface area contributed by atoms with Gasteiger partial charge in [-0.05, 0) is 43.8 Å². The summed E-state index contributed by atoms with van der Waals surface area (Å²) in [7, 11) is -3.41. The van der Waals surface area contributed by atoms with Crippen molar-refractivity contribution in [3.05, 3.63) is 17.5 Å². The number of nitrogens with one attached hydrogen (secondary N) is 1. The maximum Gasteiger partial charge on any atom is 0.250 e. The number of rotatable bonds is 7. The van der Waals surface area contributed by atoms with Crippen LogP contribution in [0.15, 0.2) is 21.7 Å². The lowest BCUT2D eigenvalue weighted by Gasteiger charge is -2.33. The third-order valence-corrected chi connectivity index (χ3v) is 6.85. The van der Waals surface area contributed by atoms with Crippen molar-refractivity contribution in [2.24, 2.45) is 5.92 Å². The predicted molar refractivity (Wildman–Crippen MR) is 88.1 cm³/mol. The van der Waals surface area contributed by atoms with Crippen molar-refractivity contribution in [1.29, 1.82) is 10.5 Å². The van der Waals surface area contributed by atoms with E-state index in [1.54, 1.807) is 17.5 Å².